The highest BCUT2D eigenvalue weighted by atomic mass is 32.2. The number of fused-ring (bicyclic) bond motifs is 2. The second-order valence-corrected chi connectivity index (χ2v) is 11.0. The molecule has 212 valence electrons. The van der Waals surface area contributed by atoms with Gasteiger partial charge in [0.15, 0.2) is 0 Å². The molecule has 0 saturated heterocycles. The molecule has 0 spiro atoms. The summed E-state index contributed by atoms with van der Waals surface area (Å²) in [4.78, 5) is 25.3. The number of imidazole rings is 2. The van der Waals surface area contributed by atoms with Crippen molar-refractivity contribution in [2.45, 2.75) is 0 Å². The minimum absolute atomic E-state index is 0.0275. The Morgan fingerprint density at radius 3 is 1.14 bits per heavy atom. The molecule has 4 aromatic carbocycles. The molecule has 6 rings (SSSR count). The lowest BCUT2D eigenvalue weighted by Crippen LogP contribution is -2.22. The highest BCUT2D eigenvalue weighted by Crippen LogP contribution is 2.25. The molecule has 0 radical (unpaired) electrons. The first-order chi connectivity index (χ1) is 20.5. The average Bonchev–Trinajstić information content (AvgIpc) is 3.44. The Bertz CT molecular complexity index is 1870. The molecular weight excluding hydrogens is 561 g/mol. The van der Waals surface area contributed by atoms with Gasteiger partial charge in [-0.3, -0.25) is 18.3 Å². The lowest BCUT2D eigenvalue weighted by Gasteiger charge is -2.09. The zero-order chi connectivity index (χ0) is 29.6. The molecule has 0 atom stereocenters. The summed E-state index contributed by atoms with van der Waals surface area (Å²) in [5.74, 6) is 0. The Balaban J connectivity index is 0.000000168. The maximum Gasteiger partial charge on any atom is 0.333 e. The minimum atomic E-state index is -0.0275. The van der Waals surface area contributed by atoms with Gasteiger partial charge in [-0.15, -0.1) is 23.5 Å². The fraction of sp³-hybridized carbons (Fsp3) is 0.118. The van der Waals surface area contributed by atoms with Crippen LogP contribution in [0.1, 0.15) is 11.1 Å². The predicted molar refractivity (Wildman–Crippen MR) is 181 cm³/mol. The lowest BCUT2D eigenvalue weighted by atomic mass is 10.1. The van der Waals surface area contributed by atoms with Crippen molar-refractivity contribution < 1.29 is 0 Å². The van der Waals surface area contributed by atoms with Crippen molar-refractivity contribution in [3.05, 3.63) is 152 Å². The molecule has 0 N–H and O–H groups in total. The number of hydrogen-bond donors (Lipinski definition) is 0. The Hall–Kier alpha value is -4.40. The van der Waals surface area contributed by atoms with Gasteiger partial charge < -0.3 is 0 Å². The summed E-state index contributed by atoms with van der Waals surface area (Å²) >= 11 is 3.19. The Morgan fingerprint density at radius 2 is 0.810 bits per heavy atom. The normalized spacial score (nSPS) is 12.0. The molecule has 0 saturated carbocycles. The first kappa shape index (κ1) is 29.1. The molecule has 0 aliphatic rings. The SMILES string of the molecule is CS/C=C(/c1ccccc1)n1c(=O)n(C)c2ccccc21.CS/C=C(/c1ccccc1)n1c(=O)n(C)c2ccccc21. The largest absolute Gasteiger partial charge is 0.333 e. The van der Waals surface area contributed by atoms with E-state index in [1.54, 1.807) is 41.8 Å². The zero-order valence-corrected chi connectivity index (χ0v) is 25.6. The van der Waals surface area contributed by atoms with E-state index in [1.165, 1.54) is 0 Å². The van der Waals surface area contributed by atoms with Gasteiger partial charge in [-0.05, 0) is 58.7 Å². The summed E-state index contributed by atoms with van der Waals surface area (Å²) in [5.41, 5.74) is 7.55. The van der Waals surface area contributed by atoms with Gasteiger partial charge in [0, 0.05) is 14.1 Å². The summed E-state index contributed by atoms with van der Waals surface area (Å²) in [6.07, 6.45) is 4.00. The highest BCUT2D eigenvalue weighted by molar-refractivity contribution is 8.01. The van der Waals surface area contributed by atoms with E-state index in [9.17, 15) is 9.59 Å². The number of thioether (sulfide) groups is 2. The van der Waals surface area contributed by atoms with Crippen LogP contribution in [-0.2, 0) is 14.1 Å². The molecule has 42 heavy (non-hydrogen) atoms. The number of rotatable bonds is 6. The van der Waals surface area contributed by atoms with Crippen LogP contribution in [0.15, 0.2) is 130 Å². The topological polar surface area (TPSA) is 53.9 Å². The van der Waals surface area contributed by atoms with E-state index in [-0.39, 0.29) is 11.4 Å². The van der Waals surface area contributed by atoms with Gasteiger partial charge in [0.1, 0.15) is 0 Å². The summed E-state index contributed by atoms with van der Waals surface area (Å²) in [5, 5.41) is 4.03. The van der Waals surface area contributed by atoms with Crippen LogP contribution in [0.2, 0.25) is 0 Å². The van der Waals surface area contributed by atoms with E-state index in [4.69, 9.17) is 0 Å². The lowest BCUT2D eigenvalue weighted by molar-refractivity contribution is 0.854. The van der Waals surface area contributed by atoms with Gasteiger partial charge in [0.2, 0.25) is 0 Å². The van der Waals surface area contributed by atoms with Crippen LogP contribution in [0.25, 0.3) is 33.5 Å². The quantitative estimate of drug-likeness (QED) is 0.207. The second kappa shape index (κ2) is 13.1. The third-order valence-corrected chi connectivity index (χ3v) is 7.92. The first-order valence-electron chi connectivity index (χ1n) is 13.4. The molecule has 0 fully saturated rings. The third kappa shape index (κ3) is 5.55. The van der Waals surface area contributed by atoms with Crippen LogP contribution in [0.5, 0.6) is 0 Å². The van der Waals surface area contributed by atoms with E-state index >= 15 is 0 Å². The van der Waals surface area contributed by atoms with E-state index in [0.717, 1.165) is 44.6 Å². The number of aromatic nitrogens is 4. The standard InChI is InChI=1S/2C17H16N2OS/c2*1-18-14-10-6-7-11-15(14)19(17(18)20)16(12-21-2)13-8-4-3-5-9-13/h2*3-12H,1-2H3/b2*16-12-. The van der Waals surface area contributed by atoms with Crippen LogP contribution >= 0.6 is 23.5 Å². The van der Waals surface area contributed by atoms with E-state index < -0.39 is 0 Å². The maximum atomic E-state index is 12.7. The highest BCUT2D eigenvalue weighted by Gasteiger charge is 2.16. The number of hydrogen-bond acceptors (Lipinski definition) is 4. The fourth-order valence-corrected chi connectivity index (χ4v) is 5.92. The molecule has 0 bridgehead atoms. The zero-order valence-electron chi connectivity index (χ0n) is 24.0. The number of aryl methyl sites for hydroxylation is 2. The van der Waals surface area contributed by atoms with Crippen molar-refractivity contribution in [2.75, 3.05) is 12.5 Å². The van der Waals surface area contributed by atoms with Crippen LogP contribution in [0.4, 0.5) is 0 Å². The van der Waals surface area contributed by atoms with E-state index in [2.05, 4.69) is 0 Å². The number of nitrogens with zero attached hydrogens (tertiary/aromatic N) is 4. The van der Waals surface area contributed by atoms with Gasteiger partial charge in [-0.25, -0.2) is 9.59 Å². The summed E-state index contributed by atoms with van der Waals surface area (Å²) in [7, 11) is 3.62. The van der Waals surface area contributed by atoms with Crippen molar-refractivity contribution in [3.8, 4) is 0 Å². The third-order valence-electron chi connectivity index (χ3n) is 7.00. The smallest absolute Gasteiger partial charge is 0.295 e. The second-order valence-electron chi connectivity index (χ2n) is 9.54. The van der Waals surface area contributed by atoms with Gasteiger partial charge in [0.05, 0.1) is 33.5 Å². The van der Waals surface area contributed by atoms with E-state index in [1.807, 2.05) is 147 Å². The van der Waals surface area contributed by atoms with Gasteiger partial charge in [-0.2, -0.15) is 0 Å². The van der Waals surface area contributed by atoms with Crippen LogP contribution in [0, 0.1) is 0 Å². The van der Waals surface area contributed by atoms with Crippen LogP contribution in [0.3, 0.4) is 0 Å². The van der Waals surface area contributed by atoms with Gasteiger partial charge >= 0.3 is 11.4 Å². The van der Waals surface area contributed by atoms with Gasteiger partial charge in [-0.1, -0.05) is 84.9 Å². The predicted octanol–water partition coefficient (Wildman–Crippen LogP) is 7.10. The van der Waals surface area contributed by atoms with Crippen LogP contribution < -0.4 is 11.4 Å². The summed E-state index contributed by atoms with van der Waals surface area (Å²) in [6.45, 7) is 0. The molecule has 0 aliphatic carbocycles. The fourth-order valence-electron chi connectivity index (χ4n) is 4.99. The summed E-state index contributed by atoms with van der Waals surface area (Å²) in [6, 6.07) is 35.7. The van der Waals surface area contributed by atoms with Crippen molar-refractivity contribution in [1.29, 1.82) is 0 Å². The monoisotopic (exact) mass is 592 g/mol. The molecule has 0 amide bonds. The van der Waals surface area contributed by atoms with Crippen LogP contribution in [-0.4, -0.2) is 30.8 Å². The minimum Gasteiger partial charge on any atom is -0.295 e. The summed E-state index contributed by atoms with van der Waals surface area (Å²) < 4.78 is 6.93. The van der Waals surface area contributed by atoms with Crippen molar-refractivity contribution in [3.63, 3.8) is 0 Å². The Kier molecular flexibility index (Phi) is 9.05. The Labute approximate surface area is 253 Å². The molecule has 8 heteroatoms. The van der Waals surface area contributed by atoms with E-state index in [0.29, 0.717) is 0 Å². The molecule has 0 unspecified atom stereocenters. The van der Waals surface area contributed by atoms with Crippen molar-refractivity contribution in [1.82, 2.24) is 18.3 Å². The molecular formula is C34H32N4O2S2. The van der Waals surface area contributed by atoms with Crippen molar-refractivity contribution >= 4 is 57.0 Å². The molecule has 2 heterocycles. The number of para-hydroxylation sites is 4. The first-order valence-corrected chi connectivity index (χ1v) is 16.0. The average molecular weight is 593 g/mol. The molecule has 2 aromatic heterocycles. The number of benzene rings is 4. The maximum absolute atomic E-state index is 12.7. The Morgan fingerprint density at radius 1 is 0.500 bits per heavy atom. The van der Waals surface area contributed by atoms with Crippen molar-refractivity contribution in [2.24, 2.45) is 14.1 Å². The molecule has 6 aromatic rings. The van der Waals surface area contributed by atoms with Gasteiger partial charge in [0.25, 0.3) is 0 Å². The molecule has 6 nitrogen and oxygen atoms in total. The molecule has 0 aliphatic heterocycles.